The van der Waals surface area contributed by atoms with E-state index in [0.717, 1.165) is 5.46 Å². The molecule has 1 aromatic rings. The average Bonchev–Trinajstić information content (AvgIpc) is 2.42. The second-order valence-corrected chi connectivity index (χ2v) is 4.74. The van der Waals surface area contributed by atoms with Gasteiger partial charge < -0.3 is 9.31 Å². The van der Waals surface area contributed by atoms with Crippen molar-refractivity contribution in [1.82, 2.24) is 0 Å². The van der Waals surface area contributed by atoms with E-state index in [0.29, 0.717) is 0 Å². The number of hydrogen-bond acceptors (Lipinski definition) is 2. The highest BCUT2D eigenvalue weighted by Gasteiger charge is 2.43. The van der Waals surface area contributed by atoms with Gasteiger partial charge in [0, 0.05) is 0 Å². The molecule has 0 spiro atoms. The molecule has 0 bridgehead atoms. The van der Waals surface area contributed by atoms with Crippen LogP contribution >= 0.6 is 0 Å². The molecule has 1 aliphatic rings. The van der Waals surface area contributed by atoms with Gasteiger partial charge in [-0.1, -0.05) is 29.8 Å². The largest absolute Gasteiger partial charge is 0.494 e. The number of benzene rings is 1. The van der Waals surface area contributed by atoms with Gasteiger partial charge in [-0.3, -0.25) is 0 Å². The molecule has 0 amide bonds. The van der Waals surface area contributed by atoms with E-state index < -0.39 is 0 Å². The highest BCUT2D eigenvalue weighted by Crippen LogP contribution is 2.26. The molecule has 0 radical (unpaired) electrons. The second kappa shape index (κ2) is 3.65. The van der Waals surface area contributed by atoms with Crippen LogP contribution in [0.4, 0.5) is 0 Å². The van der Waals surface area contributed by atoms with Crippen LogP contribution in [0.3, 0.4) is 0 Å². The first kappa shape index (κ1) is 10.7. The first-order chi connectivity index (χ1) is 6.99. The first-order valence-corrected chi connectivity index (χ1v) is 5.39. The van der Waals surface area contributed by atoms with E-state index in [4.69, 9.17) is 9.31 Å². The normalized spacial score (nSPS) is 24.5. The van der Waals surface area contributed by atoms with Crippen LogP contribution in [-0.4, -0.2) is 18.8 Å². The summed E-state index contributed by atoms with van der Waals surface area (Å²) < 4.78 is 11.6. The fraction of sp³-hybridized carbons (Fsp3) is 0.500. The van der Waals surface area contributed by atoms with Crippen LogP contribution in [0.25, 0.3) is 0 Å². The lowest BCUT2D eigenvalue weighted by Crippen LogP contribution is -2.34. The summed E-state index contributed by atoms with van der Waals surface area (Å²) in [6.07, 6.45) is 0.129. The van der Waals surface area contributed by atoms with Crippen molar-refractivity contribution in [3.63, 3.8) is 0 Å². The highest BCUT2D eigenvalue weighted by molar-refractivity contribution is 6.61. The van der Waals surface area contributed by atoms with Crippen LogP contribution in [0, 0.1) is 6.92 Å². The molecule has 0 N–H and O–H groups in total. The lowest BCUT2D eigenvalue weighted by molar-refractivity contribution is 0.0842. The monoisotopic (exact) mass is 204 g/mol. The van der Waals surface area contributed by atoms with Gasteiger partial charge in [-0.25, -0.2) is 0 Å². The van der Waals surface area contributed by atoms with Crippen molar-refractivity contribution in [3.8, 4) is 0 Å². The topological polar surface area (TPSA) is 18.5 Å². The zero-order valence-electron chi connectivity index (χ0n) is 9.78. The maximum atomic E-state index is 5.86. The molecule has 3 heteroatoms. The molecule has 2 rings (SSSR count). The highest BCUT2D eigenvalue weighted by atomic mass is 16.7. The Morgan fingerprint density at radius 2 is 1.80 bits per heavy atom. The maximum absolute atomic E-state index is 5.86. The third-order valence-corrected chi connectivity index (χ3v) is 3.07. The Hall–Kier alpha value is -0.795. The van der Waals surface area contributed by atoms with Crippen molar-refractivity contribution < 1.29 is 9.31 Å². The summed E-state index contributed by atoms with van der Waals surface area (Å²) >= 11 is 0. The van der Waals surface area contributed by atoms with Crippen LogP contribution in [-0.2, 0) is 9.31 Å². The number of hydrogen-bond donors (Lipinski definition) is 0. The smallest absolute Gasteiger partial charge is 0.402 e. The summed E-state index contributed by atoms with van der Waals surface area (Å²) in [5.41, 5.74) is 2.15. The van der Waals surface area contributed by atoms with E-state index in [9.17, 15) is 0 Å². The van der Waals surface area contributed by atoms with Gasteiger partial charge in [0.05, 0.1) is 11.7 Å². The van der Waals surface area contributed by atoms with Crippen molar-refractivity contribution in [2.24, 2.45) is 0 Å². The molecule has 0 aliphatic carbocycles. The molecule has 15 heavy (non-hydrogen) atoms. The summed E-state index contributed by atoms with van der Waals surface area (Å²) in [7, 11) is -0.212. The Labute approximate surface area is 91.7 Å². The van der Waals surface area contributed by atoms with Crippen molar-refractivity contribution in [2.45, 2.75) is 39.4 Å². The molecule has 1 unspecified atom stereocenters. The maximum Gasteiger partial charge on any atom is 0.494 e. The Morgan fingerprint density at radius 3 is 2.27 bits per heavy atom. The molecule has 1 atom stereocenters. The van der Waals surface area contributed by atoms with Crippen LogP contribution in [0.1, 0.15) is 26.3 Å². The zero-order valence-corrected chi connectivity index (χ0v) is 9.78. The number of aryl methyl sites for hydroxylation is 1. The van der Waals surface area contributed by atoms with Crippen LogP contribution < -0.4 is 5.46 Å². The molecule has 1 heterocycles. The van der Waals surface area contributed by atoms with E-state index >= 15 is 0 Å². The van der Waals surface area contributed by atoms with Gasteiger partial charge in [0.2, 0.25) is 0 Å². The standard InChI is InChI=1S/C12H17BO2/c1-9-5-7-11(8-6-9)13-14-10(2)12(3,4)15-13/h5-8,10H,1-4H3. The summed E-state index contributed by atoms with van der Waals surface area (Å²) in [6, 6.07) is 8.29. The van der Waals surface area contributed by atoms with Gasteiger partial charge in [0.15, 0.2) is 0 Å². The lowest BCUT2D eigenvalue weighted by atomic mass is 9.79. The molecule has 2 nitrogen and oxygen atoms in total. The van der Waals surface area contributed by atoms with Gasteiger partial charge in [-0.15, -0.1) is 0 Å². The third kappa shape index (κ3) is 2.08. The van der Waals surface area contributed by atoms with Crippen LogP contribution in [0.2, 0.25) is 0 Å². The fourth-order valence-corrected chi connectivity index (χ4v) is 1.62. The number of rotatable bonds is 1. The molecule has 1 aliphatic heterocycles. The van der Waals surface area contributed by atoms with Crippen molar-refractivity contribution in [2.75, 3.05) is 0 Å². The minimum absolute atomic E-state index is 0.129. The van der Waals surface area contributed by atoms with Crippen LogP contribution in [0.5, 0.6) is 0 Å². The average molecular weight is 204 g/mol. The fourth-order valence-electron chi connectivity index (χ4n) is 1.62. The Kier molecular flexibility index (Phi) is 2.61. The first-order valence-electron chi connectivity index (χ1n) is 5.39. The minimum Gasteiger partial charge on any atom is -0.402 e. The van der Waals surface area contributed by atoms with E-state index in [1.54, 1.807) is 0 Å². The predicted molar refractivity (Wildman–Crippen MR) is 62.3 cm³/mol. The van der Waals surface area contributed by atoms with Crippen molar-refractivity contribution >= 4 is 12.6 Å². The summed E-state index contributed by atoms with van der Waals surface area (Å²) in [5, 5.41) is 0. The molecule has 0 aromatic heterocycles. The van der Waals surface area contributed by atoms with E-state index in [2.05, 4.69) is 45.0 Å². The van der Waals surface area contributed by atoms with Gasteiger partial charge in [-0.2, -0.15) is 0 Å². The van der Waals surface area contributed by atoms with Gasteiger partial charge in [0.25, 0.3) is 0 Å². The third-order valence-electron chi connectivity index (χ3n) is 3.07. The molecular formula is C12H17BO2. The van der Waals surface area contributed by atoms with Crippen molar-refractivity contribution in [3.05, 3.63) is 29.8 Å². The van der Waals surface area contributed by atoms with E-state index in [1.165, 1.54) is 5.56 Å². The summed E-state index contributed by atoms with van der Waals surface area (Å²) in [6.45, 7) is 8.25. The minimum atomic E-state index is -0.212. The molecule has 1 fully saturated rings. The Morgan fingerprint density at radius 1 is 1.20 bits per heavy atom. The summed E-state index contributed by atoms with van der Waals surface area (Å²) in [5.74, 6) is 0. The molecular weight excluding hydrogens is 187 g/mol. The molecule has 0 saturated carbocycles. The van der Waals surface area contributed by atoms with E-state index in [-0.39, 0.29) is 18.8 Å². The van der Waals surface area contributed by atoms with Crippen LogP contribution in [0.15, 0.2) is 24.3 Å². The van der Waals surface area contributed by atoms with Gasteiger partial charge in [-0.05, 0) is 33.2 Å². The molecule has 80 valence electrons. The summed E-state index contributed by atoms with van der Waals surface area (Å²) in [4.78, 5) is 0. The van der Waals surface area contributed by atoms with Gasteiger partial charge in [0.1, 0.15) is 0 Å². The second-order valence-electron chi connectivity index (χ2n) is 4.74. The van der Waals surface area contributed by atoms with E-state index in [1.807, 2.05) is 6.92 Å². The lowest BCUT2D eigenvalue weighted by Gasteiger charge is -2.21. The predicted octanol–water partition coefficient (Wildman–Crippen LogP) is 1.90. The Bertz CT molecular complexity index is 345. The quantitative estimate of drug-likeness (QED) is 0.650. The Balaban J connectivity index is 2.17. The molecule has 1 saturated heterocycles. The molecule has 1 aromatic carbocycles. The van der Waals surface area contributed by atoms with Crippen molar-refractivity contribution in [1.29, 1.82) is 0 Å². The SMILES string of the molecule is Cc1ccc(B2OC(C)C(C)(C)O2)cc1. The zero-order chi connectivity index (χ0) is 11.1. The van der Waals surface area contributed by atoms with Gasteiger partial charge >= 0.3 is 7.12 Å².